The Hall–Kier alpha value is -2.14. The van der Waals surface area contributed by atoms with Crippen molar-refractivity contribution in [3.8, 4) is 0 Å². The van der Waals surface area contributed by atoms with Crippen LogP contribution in [0.3, 0.4) is 0 Å². The first-order valence-electron chi connectivity index (χ1n) is 8.94. The molecule has 25 heavy (non-hydrogen) atoms. The van der Waals surface area contributed by atoms with Gasteiger partial charge in [-0.05, 0) is 49.1 Å². The molecule has 3 rings (SSSR count). The van der Waals surface area contributed by atoms with Gasteiger partial charge in [-0.15, -0.1) is 0 Å². The van der Waals surface area contributed by atoms with Crippen LogP contribution in [0, 0.1) is 5.82 Å². The molecule has 1 unspecified atom stereocenters. The highest BCUT2D eigenvalue weighted by Crippen LogP contribution is 2.26. The van der Waals surface area contributed by atoms with Crippen LogP contribution in [-0.2, 0) is 6.54 Å². The second-order valence-electron chi connectivity index (χ2n) is 6.92. The van der Waals surface area contributed by atoms with E-state index >= 15 is 0 Å². The van der Waals surface area contributed by atoms with Gasteiger partial charge in [-0.3, -0.25) is 0 Å². The number of nitrogens with one attached hydrogen (secondary N) is 1. The van der Waals surface area contributed by atoms with Crippen LogP contribution in [0.25, 0.3) is 0 Å². The normalized spacial score (nSPS) is 15.4. The standard InChI is InChI=1S/C20H27FN4/c1-15(18-8-7-17(21)12-19(18)24(2)3)22-13-16-6-9-20(23-14-16)25-10-4-5-11-25/h6-9,12,14-15,22H,4-5,10-11,13H2,1-3H3. The molecule has 1 aromatic heterocycles. The Balaban J connectivity index is 1.63. The van der Waals surface area contributed by atoms with Gasteiger partial charge in [-0.25, -0.2) is 9.37 Å². The predicted octanol–water partition coefficient (Wildman–Crippen LogP) is 3.74. The number of benzene rings is 1. The molecule has 0 spiro atoms. The lowest BCUT2D eigenvalue weighted by Gasteiger charge is -2.23. The molecular formula is C20H27FN4. The molecule has 0 bridgehead atoms. The number of rotatable bonds is 6. The minimum Gasteiger partial charge on any atom is -0.377 e. The van der Waals surface area contributed by atoms with Crippen LogP contribution in [0.4, 0.5) is 15.9 Å². The third kappa shape index (κ3) is 4.28. The van der Waals surface area contributed by atoms with Crippen molar-refractivity contribution >= 4 is 11.5 Å². The Labute approximate surface area is 149 Å². The van der Waals surface area contributed by atoms with Crippen molar-refractivity contribution in [2.24, 2.45) is 0 Å². The molecule has 2 aromatic rings. The highest BCUT2D eigenvalue weighted by molar-refractivity contribution is 5.54. The molecule has 0 aliphatic carbocycles. The molecule has 5 heteroatoms. The van der Waals surface area contributed by atoms with E-state index in [4.69, 9.17) is 0 Å². The van der Waals surface area contributed by atoms with Gasteiger partial charge in [0.2, 0.25) is 0 Å². The topological polar surface area (TPSA) is 31.4 Å². The molecule has 1 saturated heterocycles. The van der Waals surface area contributed by atoms with Gasteiger partial charge in [0, 0.05) is 51.7 Å². The van der Waals surface area contributed by atoms with E-state index < -0.39 is 0 Å². The summed E-state index contributed by atoms with van der Waals surface area (Å²) in [6.07, 6.45) is 4.47. The van der Waals surface area contributed by atoms with Crippen molar-refractivity contribution in [2.45, 2.75) is 32.4 Å². The van der Waals surface area contributed by atoms with E-state index in [0.717, 1.165) is 42.3 Å². The van der Waals surface area contributed by atoms with Crippen molar-refractivity contribution in [1.82, 2.24) is 10.3 Å². The summed E-state index contributed by atoms with van der Waals surface area (Å²) < 4.78 is 13.5. The van der Waals surface area contributed by atoms with Gasteiger partial charge in [-0.2, -0.15) is 0 Å². The average molecular weight is 342 g/mol. The first-order valence-corrected chi connectivity index (χ1v) is 8.94. The number of nitrogens with zero attached hydrogens (tertiary/aromatic N) is 3. The highest BCUT2D eigenvalue weighted by Gasteiger charge is 2.14. The van der Waals surface area contributed by atoms with Crippen molar-refractivity contribution in [1.29, 1.82) is 0 Å². The molecular weight excluding hydrogens is 315 g/mol. The van der Waals surface area contributed by atoms with Crippen LogP contribution >= 0.6 is 0 Å². The average Bonchev–Trinajstić information content (AvgIpc) is 3.14. The predicted molar refractivity (Wildman–Crippen MR) is 102 cm³/mol. The maximum atomic E-state index is 13.5. The molecule has 0 saturated carbocycles. The van der Waals surface area contributed by atoms with E-state index in [2.05, 4.69) is 34.3 Å². The quantitative estimate of drug-likeness (QED) is 0.867. The summed E-state index contributed by atoms with van der Waals surface area (Å²) in [6, 6.07) is 9.33. The van der Waals surface area contributed by atoms with Crippen LogP contribution < -0.4 is 15.1 Å². The van der Waals surface area contributed by atoms with Crippen molar-refractivity contribution < 1.29 is 4.39 Å². The van der Waals surface area contributed by atoms with Gasteiger partial charge in [0.1, 0.15) is 11.6 Å². The molecule has 1 aromatic carbocycles. The van der Waals surface area contributed by atoms with E-state index in [0.29, 0.717) is 0 Å². The van der Waals surface area contributed by atoms with Gasteiger partial charge >= 0.3 is 0 Å². The van der Waals surface area contributed by atoms with Crippen LogP contribution in [0.15, 0.2) is 36.5 Å². The summed E-state index contributed by atoms with van der Waals surface area (Å²) in [5.74, 6) is 0.865. The number of pyridine rings is 1. The molecule has 4 nitrogen and oxygen atoms in total. The fraction of sp³-hybridized carbons (Fsp3) is 0.450. The zero-order valence-corrected chi connectivity index (χ0v) is 15.3. The Kier molecular flexibility index (Phi) is 5.53. The molecule has 1 aliphatic heterocycles. The van der Waals surface area contributed by atoms with Crippen LogP contribution in [0.1, 0.15) is 36.9 Å². The molecule has 134 valence electrons. The zero-order chi connectivity index (χ0) is 17.8. The Bertz CT molecular complexity index is 693. The van der Waals surface area contributed by atoms with E-state index in [1.54, 1.807) is 6.07 Å². The monoisotopic (exact) mass is 342 g/mol. The Morgan fingerprint density at radius 3 is 2.60 bits per heavy atom. The SMILES string of the molecule is CC(NCc1ccc(N2CCCC2)nc1)c1ccc(F)cc1N(C)C. The number of halogens is 1. The Morgan fingerprint density at radius 2 is 1.96 bits per heavy atom. The third-order valence-electron chi connectivity index (χ3n) is 4.79. The first kappa shape index (κ1) is 17.7. The van der Waals surface area contributed by atoms with E-state index in [-0.39, 0.29) is 11.9 Å². The number of hydrogen-bond acceptors (Lipinski definition) is 4. The minimum absolute atomic E-state index is 0.122. The summed E-state index contributed by atoms with van der Waals surface area (Å²) >= 11 is 0. The summed E-state index contributed by atoms with van der Waals surface area (Å²) in [4.78, 5) is 8.88. The van der Waals surface area contributed by atoms with Gasteiger partial charge in [0.15, 0.2) is 0 Å². The highest BCUT2D eigenvalue weighted by atomic mass is 19.1. The third-order valence-corrected chi connectivity index (χ3v) is 4.79. The molecule has 1 fully saturated rings. The molecule has 1 aliphatic rings. The number of anilines is 2. The molecule has 1 N–H and O–H groups in total. The van der Waals surface area contributed by atoms with Gasteiger partial charge in [0.25, 0.3) is 0 Å². The van der Waals surface area contributed by atoms with Gasteiger partial charge in [0.05, 0.1) is 0 Å². The lowest BCUT2D eigenvalue weighted by atomic mass is 10.0. The van der Waals surface area contributed by atoms with E-state index in [9.17, 15) is 4.39 Å². The van der Waals surface area contributed by atoms with E-state index in [1.165, 1.54) is 18.9 Å². The number of hydrogen-bond donors (Lipinski definition) is 1. The fourth-order valence-corrected chi connectivity index (χ4v) is 3.31. The minimum atomic E-state index is -0.207. The van der Waals surface area contributed by atoms with Crippen LogP contribution in [0.2, 0.25) is 0 Å². The second kappa shape index (κ2) is 7.83. The smallest absolute Gasteiger partial charge is 0.128 e. The van der Waals surface area contributed by atoms with Crippen molar-refractivity contribution in [3.63, 3.8) is 0 Å². The van der Waals surface area contributed by atoms with Crippen LogP contribution in [-0.4, -0.2) is 32.2 Å². The molecule has 2 heterocycles. The van der Waals surface area contributed by atoms with Crippen molar-refractivity contribution in [3.05, 3.63) is 53.5 Å². The first-order chi connectivity index (χ1) is 12.0. The summed E-state index contributed by atoms with van der Waals surface area (Å²) in [5, 5.41) is 3.52. The van der Waals surface area contributed by atoms with Gasteiger partial charge < -0.3 is 15.1 Å². The zero-order valence-electron chi connectivity index (χ0n) is 15.3. The summed E-state index contributed by atoms with van der Waals surface area (Å²) in [6.45, 7) is 5.06. The van der Waals surface area contributed by atoms with E-state index in [1.807, 2.05) is 31.3 Å². The van der Waals surface area contributed by atoms with Crippen LogP contribution in [0.5, 0.6) is 0 Å². The lowest BCUT2D eigenvalue weighted by Crippen LogP contribution is -2.22. The lowest BCUT2D eigenvalue weighted by molar-refractivity contribution is 0.570. The molecule has 1 atom stereocenters. The summed E-state index contributed by atoms with van der Waals surface area (Å²) in [5.41, 5.74) is 3.15. The Morgan fingerprint density at radius 1 is 1.20 bits per heavy atom. The maximum Gasteiger partial charge on any atom is 0.128 e. The largest absolute Gasteiger partial charge is 0.377 e. The molecule has 0 amide bonds. The maximum absolute atomic E-state index is 13.5. The van der Waals surface area contributed by atoms with Gasteiger partial charge in [-0.1, -0.05) is 12.1 Å². The fourth-order valence-electron chi connectivity index (χ4n) is 3.31. The number of aromatic nitrogens is 1. The summed E-state index contributed by atoms with van der Waals surface area (Å²) in [7, 11) is 3.87. The second-order valence-corrected chi connectivity index (χ2v) is 6.92. The van der Waals surface area contributed by atoms with Crippen molar-refractivity contribution in [2.75, 3.05) is 37.0 Å². The molecule has 0 radical (unpaired) electrons.